The van der Waals surface area contributed by atoms with Crippen molar-refractivity contribution in [1.82, 2.24) is 9.88 Å². The third-order valence-electron chi connectivity index (χ3n) is 6.06. The summed E-state index contributed by atoms with van der Waals surface area (Å²) in [6.45, 7) is 10.2. The van der Waals surface area contributed by atoms with Crippen molar-refractivity contribution < 1.29 is 0 Å². The number of halogens is 1. The van der Waals surface area contributed by atoms with Gasteiger partial charge in [0.2, 0.25) is 0 Å². The number of aromatic nitrogens is 1. The molecule has 2 aromatic carbocycles. The normalized spacial score (nSPS) is 16.4. The van der Waals surface area contributed by atoms with E-state index in [-0.39, 0.29) is 0 Å². The lowest BCUT2D eigenvalue weighted by Crippen LogP contribution is -2.37. The molecule has 0 N–H and O–H groups in total. The fraction of sp³-hybridized carbons (Fsp3) is 0.360. The molecule has 1 aliphatic rings. The van der Waals surface area contributed by atoms with Crippen LogP contribution in [0.15, 0.2) is 42.5 Å². The number of thiazole rings is 1. The molecule has 160 valence electrons. The van der Waals surface area contributed by atoms with E-state index >= 15 is 0 Å². The first-order valence-corrected chi connectivity index (χ1v) is 11.8. The van der Waals surface area contributed by atoms with E-state index in [4.69, 9.17) is 11.6 Å². The van der Waals surface area contributed by atoms with E-state index in [1.54, 1.807) is 11.3 Å². The van der Waals surface area contributed by atoms with Gasteiger partial charge in [0.15, 0.2) is 0 Å². The summed E-state index contributed by atoms with van der Waals surface area (Å²) in [6.07, 6.45) is 1.10. The fourth-order valence-corrected chi connectivity index (χ4v) is 5.51. The summed E-state index contributed by atoms with van der Waals surface area (Å²) in [5.74, 6) is 0. The van der Waals surface area contributed by atoms with E-state index in [0.717, 1.165) is 49.0 Å². The Bertz CT molecular complexity index is 1120. The molecule has 0 spiro atoms. The minimum absolute atomic E-state index is 0.387. The van der Waals surface area contributed by atoms with Crippen LogP contribution >= 0.6 is 22.9 Å². The van der Waals surface area contributed by atoms with Crippen LogP contribution < -0.4 is 4.90 Å². The van der Waals surface area contributed by atoms with E-state index < -0.39 is 0 Å². The average molecular weight is 451 g/mol. The summed E-state index contributed by atoms with van der Waals surface area (Å²) in [7, 11) is 0. The summed E-state index contributed by atoms with van der Waals surface area (Å²) in [4.78, 5) is 10.9. The van der Waals surface area contributed by atoms with Crippen molar-refractivity contribution >= 4 is 28.6 Å². The summed E-state index contributed by atoms with van der Waals surface area (Å²) in [5, 5.41) is 10.9. The van der Waals surface area contributed by atoms with E-state index in [1.165, 1.54) is 16.0 Å². The lowest BCUT2D eigenvalue weighted by molar-refractivity contribution is 0.327. The van der Waals surface area contributed by atoms with Crippen LogP contribution in [0.5, 0.6) is 0 Å². The molecule has 0 amide bonds. The predicted octanol–water partition coefficient (Wildman–Crippen LogP) is 5.87. The van der Waals surface area contributed by atoms with Crippen molar-refractivity contribution in [2.75, 3.05) is 18.0 Å². The molecule has 0 bridgehead atoms. The Morgan fingerprint density at radius 1 is 1.23 bits per heavy atom. The highest BCUT2D eigenvalue weighted by Crippen LogP contribution is 2.31. The number of nitrogens with zero attached hydrogens (tertiary/aromatic N) is 4. The van der Waals surface area contributed by atoms with E-state index in [1.807, 2.05) is 18.2 Å². The molecule has 0 unspecified atom stereocenters. The summed E-state index contributed by atoms with van der Waals surface area (Å²) in [5.41, 5.74) is 5.35. The molecule has 0 saturated carbocycles. The second-order valence-electron chi connectivity index (χ2n) is 8.25. The second kappa shape index (κ2) is 9.40. The summed E-state index contributed by atoms with van der Waals surface area (Å²) in [6, 6.07) is 16.9. The van der Waals surface area contributed by atoms with Crippen LogP contribution in [0, 0.1) is 32.1 Å². The molecule has 4 rings (SSSR count). The zero-order chi connectivity index (χ0) is 22.0. The van der Waals surface area contributed by atoms with Gasteiger partial charge in [-0.3, -0.25) is 4.90 Å². The maximum absolute atomic E-state index is 9.27. The predicted molar refractivity (Wildman–Crippen MR) is 129 cm³/mol. The quantitative estimate of drug-likeness (QED) is 0.470. The molecular weight excluding hydrogens is 424 g/mol. The maximum atomic E-state index is 9.27. The zero-order valence-corrected chi connectivity index (χ0v) is 19.8. The number of anilines is 1. The van der Waals surface area contributed by atoms with E-state index in [9.17, 15) is 5.26 Å². The van der Waals surface area contributed by atoms with Gasteiger partial charge in [0, 0.05) is 42.8 Å². The number of hydrogen-bond acceptors (Lipinski definition) is 5. The Morgan fingerprint density at radius 3 is 2.71 bits per heavy atom. The Morgan fingerprint density at radius 2 is 2.03 bits per heavy atom. The van der Waals surface area contributed by atoms with Gasteiger partial charge < -0.3 is 4.90 Å². The van der Waals surface area contributed by atoms with Gasteiger partial charge in [-0.1, -0.05) is 35.9 Å². The van der Waals surface area contributed by atoms with Gasteiger partial charge >= 0.3 is 0 Å². The van der Waals surface area contributed by atoms with Crippen LogP contribution in [0.1, 0.15) is 38.7 Å². The van der Waals surface area contributed by atoms with Gasteiger partial charge in [-0.25, -0.2) is 4.98 Å². The highest BCUT2D eigenvalue weighted by Gasteiger charge is 2.29. The van der Waals surface area contributed by atoms with Crippen LogP contribution in [-0.2, 0) is 13.1 Å². The molecule has 1 aromatic heterocycles. The van der Waals surface area contributed by atoms with Crippen molar-refractivity contribution in [2.24, 2.45) is 0 Å². The third kappa shape index (κ3) is 4.93. The van der Waals surface area contributed by atoms with Crippen molar-refractivity contribution in [3.63, 3.8) is 0 Å². The molecule has 1 saturated heterocycles. The number of rotatable bonds is 6. The van der Waals surface area contributed by atoms with Gasteiger partial charge in [0.1, 0.15) is 6.07 Å². The van der Waals surface area contributed by atoms with Crippen molar-refractivity contribution in [1.29, 1.82) is 5.26 Å². The average Bonchev–Trinajstić information content (AvgIpc) is 3.33. The first-order chi connectivity index (χ1) is 14.9. The maximum Gasteiger partial charge on any atom is 0.101 e. The molecule has 4 nitrogen and oxygen atoms in total. The Kier molecular flexibility index (Phi) is 6.62. The van der Waals surface area contributed by atoms with Crippen LogP contribution in [0.25, 0.3) is 0 Å². The molecular formula is C25H27ClN4S. The summed E-state index contributed by atoms with van der Waals surface area (Å²) >= 11 is 8.21. The third-order valence-corrected chi connectivity index (χ3v) is 7.43. The van der Waals surface area contributed by atoms with Crippen LogP contribution in [-0.4, -0.2) is 29.0 Å². The lowest BCUT2D eigenvalue weighted by atomic mass is 10.1. The minimum atomic E-state index is 0.387. The molecule has 1 aliphatic heterocycles. The SMILES string of the molecule is Cc1nc(C)c(CN2CC[C@H](N(Cc3ccccc3C)c3ccc(C#N)c(Cl)c3)C2)s1. The van der Waals surface area contributed by atoms with E-state index in [2.05, 4.69) is 65.9 Å². The highest BCUT2D eigenvalue weighted by molar-refractivity contribution is 7.11. The topological polar surface area (TPSA) is 43.2 Å². The standard InChI is InChI=1S/C25H27ClN4S/c1-17-6-4-5-7-21(17)14-30(22-9-8-20(13-27)24(26)12-22)23-10-11-29(15-23)16-25-18(2)28-19(3)31-25/h4-9,12,23H,10-11,14-16H2,1-3H3/t23-/m0/s1. The molecule has 31 heavy (non-hydrogen) atoms. The number of likely N-dealkylation sites (tertiary alicyclic amines) is 1. The van der Waals surface area contributed by atoms with Crippen LogP contribution in [0.3, 0.4) is 0 Å². The summed E-state index contributed by atoms with van der Waals surface area (Å²) < 4.78 is 0. The Balaban J connectivity index is 1.58. The van der Waals surface area contributed by atoms with Crippen LogP contribution in [0.2, 0.25) is 5.02 Å². The molecule has 3 aromatic rings. The lowest BCUT2D eigenvalue weighted by Gasteiger charge is -2.32. The number of benzene rings is 2. The largest absolute Gasteiger partial charge is 0.363 e. The zero-order valence-electron chi connectivity index (χ0n) is 18.2. The Hall–Kier alpha value is -2.39. The molecule has 1 atom stereocenters. The molecule has 2 heterocycles. The molecule has 6 heteroatoms. The highest BCUT2D eigenvalue weighted by atomic mass is 35.5. The Labute approximate surface area is 193 Å². The second-order valence-corrected chi connectivity index (χ2v) is 9.94. The van der Waals surface area contributed by atoms with Gasteiger partial charge in [-0.15, -0.1) is 11.3 Å². The van der Waals surface area contributed by atoms with Gasteiger partial charge in [-0.05, 0) is 56.5 Å². The first-order valence-electron chi connectivity index (χ1n) is 10.6. The monoisotopic (exact) mass is 450 g/mol. The van der Waals surface area contributed by atoms with Crippen molar-refractivity contribution in [3.05, 3.63) is 79.8 Å². The van der Waals surface area contributed by atoms with Crippen molar-refractivity contribution in [2.45, 2.75) is 46.3 Å². The minimum Gasteiger partial charge on any atom is -0.363 e. The number of aryl methyl sites for hydroxylation is 3. The molecule has 1 fully saturated rings. The molecule has 0 aliphatic carbocycles. The number of hydrogen-bond donors (Lipinski definition) is 0. The molecule has 0 radical (unpaired) electrons. The van der Waals surface area contributed by atoms with Crippen LogP contribution in [0.4, 0.5) is 5.69 Å². The fourth-order valence-electron chi connectivity index (χ4n) is 4.31. The van der Waals surface area contributed by atoms with Gasteiger partial charge in [0.05, 0.1) is 21.3 Å². The first kappa shape index (κ1) is 21.8. The number of nitriles is 1. The van der Waals surface area contributed by atoms with Crippen molar-refractivity contribution in [3.8, 4) is 6.07 Å². The van der Waals surface area contributed by atoms with Gasteiger partial charge in [0.25, 0.3) is 0 Å². The van der Waals surface area contributed by atoms with Gasteiger partial charge in [-0.2, -0.15) is 5.26 Å². The smallest absolute Gasteiger partial charge is 0.101 e. The van der Waals surface area contributed by atoms with E-state index in [0.29, 0.717) is 16.6 Å².